The second-order valence-electron chi connectivity index (χ2n) is 7.34. The number of aromatic nitrogens is 2. The molecule has 168 valence electrons. The molecule has 0 radical (unpaired) electrons. The first-order valence-corrected chi connectivity index (χ1v) is 11.3. The molecule has 0 fully saturated rings. The molecule has 7 nitrogen and oxygen atoms in total. The van der Waals surface area contributed by atoms with Crippen LogP contribution in [0.5, 0.6) is 0 Å². The van der Waals surface area contributed by atoms with Gasteiger partial charge in [-0.05, 0) is 36.6 Å². The number of hydrogen-bond donors (Lipinski definition) is 1. The van der Waals surface area contributed by atoms with E-state index in [2.05, 4.69) is 5.32 Å². The highest BCUT2D eigenvalue weighted by Gasteiger charge is 2.13. The van der Waals surface area contributed by atoms with Crippen molar-refractivity contribution < 1.29 is 14.3 Å². The molecule has 1 N–H and O–H groups in total. The highest BCUT2D eigenvalue weighted by Crippen LogP contribution is 2.25. The van der Waals surface area contributed by atoms with Crippen LogP contribution in [0.25, 0.3) is 23.0 Å². The van der Waals surface area contributed by atoms with Crippen molar-refractivity contribution in [3.8, 4) is 23.0 Å². The molecule has 2 heterocycles. The van der Waals surface area contributed by atoms with E-state index in [-0.39, 0.29) is 0 Å². The molecule has 0 saturated heterocycles. The van der Waals surface area contributed by atoms with Gasteiger partial charge in [0.05, 0.1) is 16.9 Å². The molecule has 0 aliphatic heterocycles. The summed E-state index contributed by atoms with van der Waals surface area (Å²) in [7, 11) is 0. The zero-order chi connectivity index (χ0) is 23.9. The summed E-state index contributed by atoms with van der Waals surface area (Å²) < 4.78 is 6.81. The fourth-order valence-corrected chi connectivity index (χ4v) is 3.91. The monoisotopic (exact) mass is 468 g/mol. The lowest BCUT2D eigenvalue weighted by Gasteiger charge is -2.03. The van der Waals surface area contributed by atoms with Crippen LogP contribution in [0.15, 0.2) is 78.3 Å². The second-order valence-corrected chi connectivity index (χ2v) is 8.26. The van der Waals surface area contributed by atoms with Gasteiger partial charge in [0.15, 0.2) is 6.61 Å². The standard InChI is InChI=1S/C26H20N4O3S/c1-18-7-9-19(10-8-18)25-21(16-30(29-25)22-5-3-2-4-6-22)11-12-24(32)33-17-23(31)28-26-20(15-27)13-14-34-26/h2-14,16H,17H2,1H3,(H,28,31)/b12-11+. The molecule has 0 atom stereocenters. The Balaban J connectivity index is 1.48. The van der Waals surface area contributed by atoms with Crippen LogP contribution in [-0.4, -0.2) is 28.3 Å². The Kier molecular flexibility index (Phi) is 6.96. The number of hydrogen-bond acceptors (Lipinski definition) is 6. The Morgan fingerprint density at radius 3 is 2.65 bits per heavy atom. The third-order valence-electron chi connectivity index (χ3n) is 4.87. The van der Waals surface area contributed by atoms with E-state index in [1.54, 1.807) is 22.2 Å². The van der Waals surface area contributed by atoms with Gasteiger partial charge in [-0.2, -0.15) is 10.4 Å². The molecule has 4 aromatic rings. The van der Waals surface area contributed by atoms with Crippen molar-refractivity contribution in [1.29, 1.82) is 5.26 Å². The van der Waals surface area contributed by atoms with E-state index in [0.717, 1.165) is 22.4 Å². The van der Waals surface area contributed by atoms with Crippen molar-refractivity contribution in [3.05, 3.63) is 95.0 Å². The number of nitriles is 1. The lowest BCUT2D eigenvalue weighted by Crippen LogP contribution is -2.20. The van der Waals surface area contributed by atoms with Crippen LogP contribution in [0.4, 0.5) is 5.00 Å². The number of aryl methyl sites for hydroxylation is 1. The molecular weight excluding hydrogens is 448 g/mol. The maximum atomic E-state index is 12.2. The quantitative estimate of drug-likeness (QED) is 0.305. The molecule has 2 aromatic heterocycles. The SMILES string of the molecule is Cc1ccc(-c2nn(-c3ccccc3)cc2/C=C/C(=O)OCC(=O)Nc2sccc2C#N)cc1. The van der Waals surface area contributed by atoms with E-state index in [4.69, 9.17) is 15.1 Å². The predicted octanol–water partition coefficient (Wildman–Crippen LogP) is 4.98. The molecule has 0 saturated carbocycles. The molecule has 0 aliphatic carbocycles. The third-order valence-corrected chi connectivity index (χ3v) is 5.70. The summed E-state index contributed by atoms with van der Waals surface area (Å²) in [5.41, 5.74) is 4.74. The highest BCUT2D eigenvalue weighted by molar-refractivity contribution is 7.14. The topological polar surface area (TPSA) is 97.0 Å². The van der Waals surface area contributed by atoms with Gasteiger partial charge in [0.2, 0.25) is 0 Å². The summed E-state index contributed by atoms with van der Waals surface area (Å²) >= 11 is 1.23. The summed E-state index contributed by atoms with van der Waals surface area (Å²) in [5, 5.41) is 18.4. The number of thiophene rings is 1. The lowest BCUT2D eigenvalue weighted by molar-refractivity contribution is -0.142. The first kappa shape index (κ1) is 22.7. The highest BCUT2D eigenvalue weighted by atomic mass is 32.1. The smallest absolute Gasteiger partial charge is 0.331 e. The maximum absolute atomic E-state index is 12.2. The fourth-order valence-electron chi connectivity index (χ4n) is 3.16. The first-order chi connectivity index (χ1) is 16.5. The average Bonchev–Trinajstić information content (AvgIpc) is 3.49. The van der Waals surface area contributed by atoms with Crippen LogP contribution in [-0.2, 0) is 14.3 Å². The molecule has 0 spiro atoms. The van der Waals surface area contributed by atoms with Gasteiger partial charge in [0.1, 0.15) is 11.1 Å². The fraction of sp³-hybridized carbons (Fsp3) is 0.0769. The van der Waals surface area contributed by atoms with Crippen LogP contribution in [0.3, 0.4) is 0 Å². The Morgan fingerprint density at radius 2 is 1.91 bits per heavy atom. The van der Waals surface area contributed by atoms with E-state index in [9.17, 15) is 9.59 Å². The minimum Gasteiger partial charge on any atom is -0.452 e. The third kappa shape index (κ3) is 5.46. The van der Waals surface area contributed by atoms with Crippen molar-refractivity contribution in [3.63, 3.8) is 0 Å². The number of amides is 1. The number of para-hydroxylation sites is 1. The molecule has 2 aromatic carbocycles. The Bertz CT molecular complexity index is 1380. The summed E-state index contributed by atoms with van der Waals surface area (Å²) in [6.07, 6.45) is 4.72. The lowest BCUT2D eigenvalue weighted by atomic mass is 10.1. The van der Waals surface area contributed by atoms with Crippen molar-refractivity contribution in [2.24, 2.45) is 0 Å². The first-order valence-electron chi connectivity index (χ1n) is 10.4. The number of carbonyl (C=O) groups excluding carboxylic acids is 2. The van der Waals surface area contributed by atoms with Crippen LogP contribution < -0.4 is 5.32 Å². The van der Waals surface area contributed by atoms with Crippen LogP contribution in [0.2, 0.25) is 0 Å². The van der Waals surface area contributed by atoms with Gasteiger partial charge in [-0.1, -0.05) is 48.0 Å². The van der Waals surface area contributed by atoms with Gasteiger partial charge in [0.25, 0.3) is 5.91 Å². The number of ether oxygens (including phenoxy) is 1. The number of nitrogens with zero attached hydrogens (tertiary/aromatic N) is 3. The Hall–Kier alpha value is -4.48. The van der Waals surface area contributed by atoms with E-state index < -0.39 is 18.5 Å². The number of rotatable bonds is 7. The minimum absolute atomic E-state index is 0.364. The summed E-state index contributed by atoms with van der Waals surface area (Å²) in [5.74, 6) is -1.18. The molecule has 34 heavy (non-hydrogen) atoms. The molecule has 0 aliphatic rings. The second kappa shape index (κ2) is 10.4. The number of nitrogens with one attached hydrogen (secondary N) is 1. The maximum Gasteiger partial charge on any atom is 0.331 e. The van der Waals surface area contributed by atoms with E-state index in [1.165, 1.54) is 17.4 Å². The predicted molar refractivity (Wildman–Crippen MR) is 131 cm³/mol. The van der Waals surface area contributed by atoms with Crippen LogP contribution in [0.1, 0.15) is 16.7 Å². The van der Waals surface area contributed by atoms with Gasteiger partial charge < -0.3 is 10.1 Å². The van der Waals surface area contributed by atoms with Gasteiger partial charge >= 0.3 is 5.97 Å². The number of anilines is 1. The molecule has 0 bridgehead atoms. The largest absolute Gasteiger partial charge is 0.452 e. The molecule has 8 heteroatoms. The number of benzene rings is 2. The Labute approximate surface area is 200 Å². The average molecular weight is 469 g/mol. The van der Waals surface area contributed by atoms with Gasteiger partial charge in [-0.15, -0.1) is 11.3 Å². The van der Waals surface area contributed by atoms with Gasteiger partial charge in [-0.3, -0.25) is 4.79 Å². The summed E-state index contributed by atoms with van der Waals surface area (Å²) in [4.78, 5) is 24.3. The zero-order valence-electron chi connectivity index (χ0n) is 18.3. The van der Waals surface area contributed by atoms with Crippen molar-refractivity contribution in [2.75, 3.05) is 11.9 Å². The minimum atomic E-state index is -0.663. The Morgan fingerprint density at radius 1 is 1.15 bits per heavy atom. The van der Waals surface area contributed by atoms with Crippen molar-refractivity contribution in [1.82, 2.24) is 9.78 Å². The molecule has 1 amide bonds. The van der Waals surface area contributed by atoms with Gasteiger partial charge in [-0.25, -0.2) is 9.48 Å². The van der Waals surface area contributed by atoms with Crippen LogP contribution in [0, 0.1) is 18.3 Å². The van der Waals surface area contributed by atoms with Crippen molar-refractivity contribution in [2.45, 2.75) is 6.92 Å². The summed E-state index contributed by atoms with van der Waals surface area (Å²) in [6, 6.07) is 21.2. The van der Waals surface area contributed by atoms with E-state index in [0.29, 0.717) is 16.3 Å². The van der Waals surface area contributed by atoms with Crippen molar-refractivity contribution >= 4 is 34.3 Å². The van der Waals surface area contributed by atoms with E-state index >= 15 is 0 Å². The molecule has 0 unspecified atom stereocenters. The normalized spacial score (nSPS) is 10.7. The number of esters is 1. The summed E-state index contributed by atoms with van der Waals surface area (Å²) in [6.45, 7) is 1.55. The molecule has 4 rings (SSSR count). The zero-order valence-corrected chi connectivity index (χ0v) is 19.1. The van der Waals surface area contributed by atoms with E-state index in [1.807, 2.05) is 73.8 Å². The molecular formula is C26H20N4O3S. The number of carbonyl (C=O) groups is 2. The van der Waals surface area contributed by atoms with Crippen LogP contribution >= 0.6 is 11.3 Å². The van der Waals surface area contributed by atoms with Gasteiger partial charge in [0, 0.05) is 23.4 Å².